The van der Waals surface area contributed by atoms with Crippen molar-refractivity contribution in [1.82, 2.24) is 10.1 Å². The number of aryl methyl sites for hydroxylation is 1. The van der Waals surface area contributed by atoms with Crippen LogP contribution in [0.15, 0.2) is 53.1 Å². The van der Waals surface area contributed by atoms with Crippen LogP contribution in [0.25, 0.3) is 11.4 Å². The summed E-state index contributed by atoms with van der Waals surface area (Å²) >= 11 is 0. The minimum Gasteiger partial charge on any atom is -0.339 e. The highest BCUT2D eigenvalue weighted by molar-refractivity contribution is 7.92. The molecule has 0 saturated carbocycles. The molecule has 0 unspecified atom stereocenters. The molecule has 0 aliphatic rings. The lowest BCUT2D eigenvalue weighted by Crippen LogP contribution is -2.09. The van der Waals surface area contributed by atoms with Crippen LogP contribution in [0.2, 0.25) is 0 Å². The van der Waals surface area contributed by atoms with Gasteiger partial charge in [0.1, 0.15) is 0 Å². The molecule has 1 heterocycles. The van der Waals surface area contributed by atoms with Crippen molar-refractivity contribution in [2.45, 2.75) is 13.3 Å². The molecule has 2 aromatic carbocycles. The van der Waals surface area contributed by atoms with E-state index in [0.29, 0.717) is 23.8 Å². The molecule has 1 N–H and O–H groups in total. The minimum atomic E-state index is -3.29. The van der Waals surface area contributed by atoms with Gasteiger partial charge in [-0.05, 0) is 42.3 Å². The second-order valence-electron chi connectivity index (χ2n) is 5.57. The van der Waals surface area contributed by atoms with Gasteiger partial charge in [0.25, 0.3) is 0 Å². The topological polar surface area (TPSA) is 85.1 Å². The van der Waals surface area contributed by atoms with E-state index in [1.807, 2.05) is 31.2 Å². The lowest BCUT2D eigenvalue weighted by molar-refractivity contribution is 0.385. The van der Waals surface area contributed by atoms with Crippen LogP contribution in [0.1, 0.15) is 17.0 Å². The molecule has 124 valence electrons. The second kappa shape index (κ2) is 6.45. The van der Waals surface area contributed by atoms with Crippen LogP contribution in [-0.2, 0) is 16.4 Å². The number of nitrogens with zero attached hydrogens (tertiary/aromatic N) is 2. The van der Waals surface area contributed by atoms with Crippen LogP contribution < -0.4 is 4.72 Å². The summed E-state index contributed by atoms with van der Waals surface area (Å²) in [6, 6.07) is 14.9. The molecular weight excluding hydrogens is 326 g/mol. The Morgan fingerprint density at radius 1 is 1.08 bits per heavy atom. The summed E-state index contributed by atoms with van der Waals surface area (Å²) in [6.07, 6.45) is 1.69. The van der Waals surface area contributed by atoms with Crippen molar-refractivity contribution in [3.8, 4) is 11.4 Å². The van der Waals surface area contributed by atoms with Gasteiger partial charge < -0.3 is 4.52 Å². The molecule has 6 nitrogen and oxygen atoms in total. The molecule has 3 rings (SSSR count). The standard InChI is InChI=1S/C17H17N3O3S/c1-12-5-3-4-6-14(12)11-16-18-17(19-23-16)13-7-9-15(10-8-13)20-24(2,21)22/h3-10,20H,11H2,1-2H3. The van der Waals surface area contributed by atoms with Gasteiger partial charge in [0, 0.05) is 11.3 Å². The molecule has 0 amide bonds. The van der Waals surface area contributed by atoms with Gasteiger partial charge in [-0.1, -0.05) is 29.4 Å². The van der Waals surface area contributed by atoms with E-state index in [1.165, 1.54) is 5.56 Å². The van der Waals surface area contributed by atoms with Gasteiger partial charge in [0.15, 0.2) is 0 Å². The molecule has 0 saturated heterocycles. The zero-order valence-electron chi connectivity index (χ0n) is 13.4. The Hall–Kier alpha value is -2.67. The maximum Gasteiger partial charge on any atom is 0.231 e. The van der Waals surface area contributed by atoms with Crippen molar-refractivity contribution in [3.63, 3.8) is 0 Å². The third-order valence-electron chi connectivity index (χ3n) is 3.52. The Labute approximate surface area is 140 Å². The number of nitrogens with one attached hydrogen (secondary N) is 1. The van der Waals surface area contributed by atoms with Crippen LogP contribution in [0.3, 0.4) is 0 Å². The fraction of sp³-hybridized carbons (Fsp3) is 0.176. The maximum absolute atomic E-state index is 11.2. The monoisotopic (exact) mass is 343 g/mol. The van der Waals surface area contributed by atoms with Gasteiger partial charge in [-0.25, -0.2) is 8.42 Å². The van der Waals surface area contributed by atoms with Crippen molar-refractivity contribution in [3.05, 3.63) is 65.5 Å². The van der Waals surface area contributed by atoms with E-state index in [9.17, 15) is 8.42 Å². The van der Waals surface area contributed by atoms with Gasteiger partial charge >= 0.3 is 0 Å². The number of sulfonamides is 1. The average Bonchev–Trinajstić information content (AvgIpc) is 2.97. The lowest BCUT2D eigenvalue weighted by Gasteiger charge is -2.03. The summed E-state index contributed by atoms with van der Waals surface area (Å²) in [5, 5.41) is 3.99. The maximum atomic E-state index is 11.2. The van der Waals surface area contributed by atoms with Crippen molar-refractivity contribution < 1.29 is 12.9 Å². The Balaban J connectivity index is 1.77. The highest BCUT2D eigenvalue weighted by Gasteiger charge is 2.11. The molecule has 0 aliphatic heterocycles. The molecule has 7 heteroatoms. The third-order valence-corrected chi connectivity index (χ3v) is 4.12. The van der Waals surface area contributed by atoms with E-state index in [4.69, 9.17) is 4.52 Å². The summed E-state index contributed by atoms with van der Waals surface area (Å²) in [5.74, 6) is 1.02. The van der Waals surface area contributed by atoms with Crippen molar-refractivity contribution in [2.24, 2.45) is 0 Å². The number of hydrogen-bond acceptors (Lipinski definition) is 5. The molecule has 0 fully saturated rings. The second-order valence-corrected chi connectivity index (χ2v) is 7.32. The Morgan fingerprint density at radius 2 is 1.79 bits per heavy atom. The fourth-order valence-electron chi connectivity index (χ4n) is 2.32. The number of benzene rings is 2. The van der Waals surface area contributed by atoms with Crippen molar-refractivity contribution >= 4 is 15.7 Å². The molecule has 3 aromatic rings. The van der Waals surface area contributed by atoms with Crippen LogP contribution in [0.4, 0.5) is 5.69 Å². The molecule has 1 aromatic heterocycles. The highest BCUT2D eigenvalue weighted by Crippen LogP contribution is 2.20. The molecule has 0 atom stereocenters. The number of hydrogen-bond donors (Lipinski definition) is 1. The largest absolute Gasteiger partial charge is 0.339 e. The summed E-state index contributed by atoms with van der Waals surface area (Å²) in [7, 11) is -3.29. The number of anilines is 1. The fourth-order valence-corrected chi connectivity index (χ4v) is 2.88. The lowest BCUT2D eigenvalue weighted by atomic mass is 10.1. The first-order chi connectivity index (χ1) is 11.4. The van der Waals surface area contributed by atoms with E-state index in [0.717, 1.165) is 17.4 Å². The minimum absolute atomic E-state index is 0.476. The van der Waals surface area contributed by atoms with Crippen LogP contribution in [0.5, 0.6) is 0 Å². The first kappa shape index (κ1) is 16.2. The Morgan fingerprint density at radius 3 is 2.46 bits per heavy atom. The SMILES string of the molecule is Cc1ccccc1Cc1nc(-c2ccc(NS(C)(=O)=O)cc2)no1. The number of rotatable bonds is 5. The van der Waals surface area contributed by atoms with Gasteiger partial charge in [0.2, 0.25) is 21.7 Å². The predicted molar refractivity (Wildman–Crippen MR) is 92.2 cm³/mol. The number of aromatic nitrogens is 2. The van der Waals surface area contributed by atoms with Gasteiger partial charge in [-0.3, -0.25) is 4.72 Å². The third kappa shape index (κ3) is 3.99. The molecule has 0 aliphatic carbocycles. The molecular formula is C17H17N3O3S. The average molecular weight is 343 g/mol. The zero-order valence-corrected chi connectivity index (χ0v) is 14.2. The quantitative estimate of drug-likeness (QED) is 0.770. The summed E-state index contributed by atoms with van der Waals surface area (Å²) in [5.41, 5.74) is 3.56. The van der Waals surface area contributed by atoms with Crippen LogP contribution in [0, 0.1) is 6.92 Å². The van der Waals surface area contributed by atoms with E-state index >= 15 is 0 Å². The summed E-state index contributed by atoms with van der Waals surface area (Å²) in [6.45, 7) is 2.04. The smallest absolute Gasteiger partial charge is 0.231 e. The zero-order chi connectivity index (χ0) is 17.2. The Kier molecular flexibility index (Phi) is 4.35. The first-order valence-electron chi connectivity index (χ1n) is 7.36. The van der Waals surface area contributed by atoms with Crippen LogP contribution >= 0.6 is 0 Å². The van der Waals surface area contributed by atoms with Gasteiger partial charge in [-0.2, -0.15) is 4.98 Å². The summed E-state index contributed by atoms with van der Waals surface area (Å²) in [4.78, 5) is 4.40. The highest BCUT2D eigenvalue weighted by atomic mass is 32.2. The van der Waals surface area contributed by atoms with E-state index < -0.39 is 10.0 Å². The molecule has 24 heavy (non-hydrogen) atoms. The van der Waals surface area contributed by atoms with Gasteiger partial charge in [0.05, 0.1) is 12.7 Å². The van der Waals surface area contributed by atoms with E-state index in [-0.39, 0.29) is 0 Å². The van der Waals surface area contributed by atoms with Crippen LogP contribution in [-0.4, -0.2) is 24.8 Å². The Bertz CT molecular complexity index is 947. The molecule has 0 bridgehead atoms. The molecule has 0 spiro atoms. The summed E-state index contributed by atoms with van der Waals surface area (Å²) < 4.78 is 30.1. The normalized spacial score (nSPS) is 11.4. The molecule has 0 radical (unpaired) electrons. The predicted octanol–water partition coefficient (Wildman–Crippen LogP) is 3.01. The van der Waals surface area contributed by atoms with E-state index in [1.54, 1.807) is 24.3 Å². The van der Waals surface area contributed by atoms with Crippen molar-refractivity contribution in [1.29, 1.82) is 0 Å². The van der Waals surface area contributed by atoms with E-state index in [2.05, 4.69) is 14.9 Å². The van der Waals surface area contributed by atoms with Gasteiger partial charge in [-0.15, -0.1) is 0 Å². The first-order valence-corrected chi connectivity index (χ1v) is 9.25. The van der Waals surface area contributed by atoms with Crippen molar-refractivity contribution in [2.75, 3.05) is 11.0 Å².